The molecule has 0 aromatic heterocycles. The second kappa shape index (κ2) is 12.8. The van der Waals surface area contributed by atoms with Crippen molar-refractivity contribution in [1.82, 2.24) is 0 Å². The maximum absolute atomic E-state index is 13.0. The number of hydrogen-bond acceptors (Lipinski definition) is 1. The van der Waals surface area contributed by atoms with Gasteiger partial charge in [0.25, 0.3) is 0 Å². The van der Waals surface area contributed by atoms with Crippen LogP contribution in [0, 0.1) is 6.92 Å². The Morgan fingerprint density at radius 2 is 1.48 bits per heavy atom. The Kier molecular flexibility index (Phi) is 13.1. The zero-order valence-electron chi connectivity index (χ0n) is 14.7. The van der Waals surface area contributed by atoms with Crippen LogP contribution in [0.25, 0.3) is 0 Å². The van der Waals surface area contributed by atoms with E-state index in [2.05, 4.69) is 6.92 Å². The number of halogens is 3. The van der Waals surface area contributed by atoms with E-state index in [0.29, 0.717) is 12.2 Å². The van der Waals surface area contributed by atoms with Crippen LogP contribution in [0.1, 0.15) is 63.9 Å². The second-order valence-corrected chi connectivity index (χ2v) is 5.94. The van der Waals surface area contributed by atoms with Crippen molar-refractivity contribution in [2.75, 3.05) is 6.61 Å². The maximum Gasteiger partial charge on any atom is 1.00 e. The van der Waals surface area contributed by atoms with Gasteiger partial charge in [-0.15, -0.1) is 0 Å². The van der Waals surface area contributed by atoms with E-state index in [0.717, 1.165) is 19.3 Å². The number of aryl methyl sites for hydroxylation is 1. The van der Waals surface area contributed by atoms with E-state index in [1.165, 1.54) is 44.2 Å². The summed E-state index contributed by atoms with van der Waals surface area (Å²) in [5.74, 6) is -0.0268. The molecule has 0 amide bonds. The van der Waals surface area contributed by atoms with Crippen molar-refractivity contribution in [2.45, 2.75) is 65.2 Å². The van der Waals surface area contributed by atoms with Crippen molar-refractivity contribution in [3.05, 3.63) is 23.8 Å². The van der Waals surface area contributed by atoms with E-state index in [1.807, 2.05) is 0 Å². The van der Waals surface area contributed by atoms with Gasteiger partial charge in [0.2, 0.25) is 0 Å². The SMILES string of the molecule is CCCCCCCCCCOc1ccc(C)cc1[B-](F)(F)F.[K+]. The van der Waals surface area contributed by atoms with Crippen LogP contribution in [0.5, 0.6) is 5.75 Å². The molecule has 0 heterocycles. The second-order valence-electron chi connectivity index (χ2n) is 5.94. The van der Waals surface area contributed by atoms with Gasteiger partial charge in [0.15, 0.2) is 0 Å². The minimum atomic E-state index is -5.02. The van der Waals surface area contributed by atoms with Gasteiger partial charge in [-0.2, -0.15) is 0 Å². The van der Waals surface area contributed by atoms with Crippen molar-refractivity contribution < 1.29 is 69.1 Å². The van der Waals surface area contributed by atoms with Crippen molar-refractivity contribution in [3.63, 3.8) is 0 Å². The third-order valence-electron chi connectivity index (χ3n) is 3.77. The third kappa shape index (κ3) is 10.2. The monoisotopic (exact) mass is 354 g/mol. The van der Waals surface area contributed by atoms with Crippen molar-refractivity contribution in [2.24, 2.45) is 0 Å². The molecule has 126 valence electrons. The van der Waals surface area contributed by atoms with E-state index in [4.69, 9.17) is 4.74 Å². The molecule has 0 radical (unpaired) electrons. The molecule has 0 unspecified atom stereocenters. The van der Waals surface area contributed by atoms with E-state index in [9.17, 15) is 12.9 Å². The molecule has 23 heavy (non-hydrogen) atoms. The van der Waals surface area contributed by atoms with E-state index >= 15 is 0 Å². The maximum atomic E-state index is 13.0. The quantitative estimate of drug-likeness (QED) is 0.438. The predicted octanol–water partition coefficient (Wildman–Crippen LogP) is 2.57. The average Bonchev–Trinajstić information content (AvgIpc) is 2.46. The molecule has 0 aliphatic heterocycles. The zero-order chi connectivity index (χ0) is 16.4. The van der Waals surface area contributed by atoms with Crippen molar-refractivity contribution in [3.8, 4) is 5.75 Å². The fraction of sp³-hybridized carbons (Fsp3) is 0.647. The first-order chi connectivity index (χ1) is 10.4. The molecule has 0 spiro atoms. The molecule has 0 saturated heterocycles. The molecule has 0 atom stereocenters. The molecule has 0 N–H and O–H groups in total. The molecule has 1 aromatic carbocycles. The Hall–Kier alpha value is 0.511. The molecule has 1 nitrogen and oxygen atoms in total. The Labute approximate surface area is 181 Å². The molecule has 0 aliphatic rings. The number of ether oxygens (including phenoxy) is 1. The molecule has 0 aliphatic carbocycles. The summed E-state index contributed by atoms with van der Waals surface area (Å²) < 4.78 is 44.3. The molecular weight excluding hydrogens is 327 g/mol. The van der Waals surface area contributed by atoms with Crippen LogP contribution in [0.2, 0.25) is 0 Å². The first kappa shape index (κ1) is 23.5. The van der Waals surface area contributed by atoms with Gasteiger partial charge in [-0.3, -0.25) is 0 Å². The third-order valence-corrected chi connectivity index (χ3v) is 3.77. The van der Waals surface area contributed by atoms with Gasteiger partial charge < -0.3 is 17.7 Å². The number of hydrogen-bond donors (Lipinski definition) is 0. The molecule has 0 saturated carbocycles. The molecule has 6 heteroatoms. The summed E-state index contributed by atoms with van der Waals surface area (Å²) in [5.41, 5.74) is -0.00630. The van der Waals surface area contributed by atoms with Gasteiger partial charge >= 0.3 is 58.4 Å². The van der Waals surface area contributed by atoms with Gasteiger partial charge in [0, 0.05) is 0 Å². The molecule has 1 aromatic rings. The smallest absolute Gasteiger partial charge is 0.497 e. The number of unbranched alkanes of at least 4 members (excludes halogenated alkanes) is 7. The minimum absolute atomic E-state index is 0. The molecule has 1 rings (SSSR count). The first-order valence-corrected chi connectivity index (χ1v) is 8.38. The Bertz CT molecular complexity index is 438. The van der Waals surface area contributed by atoms with E-state index < -0.39 is 12.4 Å². The van der Waals surface area contributed by atoms with Crippen molar-refractivity contribution in [1.29, 1.82) is 0 Å². The van der Waals surface area contributed by atoms with Gasteiger partial charge in [0.05, 0.1) is 12.4 Å². The Balaban J connectivity index is 0.00000484. The van der Waals surface area contributed by atoms with Crippen LogP contribution >= 0.6 is 0 Å². The molecule has 0 bridgehead atoms. The van der Waals surface area contributed by atoms with Crippen molar-refractivity contribution >= 4 is 12.4 Å². The summed E-state index contributed by atoms with van der Waals surface area (Å²) in [5, 5.41) is 0. The first-order valence-electron chi connectivity index (χ1n) is 8.38. The van der Waals surface area contributed by atoms with Gasteiger partial charge in [-0.25, -0.2) is 0 Å². The summed E-state index contributed by atoms with van der Waals surface area (Å²) >= 11 is 0. The van der Waals surface area contributed by atoms with E-state index in [1.54, 1.807) is 13.0 Å². The van der Waals surface area contributed by atoms with Crippen LogP contribution < -0.4 is 61.6 Å². The zero-order valence-corrected chi connectivity index (χ0v) is 17.8. The van der Waals surface area contributed by atoms with Crippen LogP contribution in [-0.4, -0.2) is 13.6 Å². The molecular formula is C17H27BF3KO. The van der Waals surface area contributed by atoms with Gasteiger partial charge in [0.1, 0.15) is 0 Å². The Morgan fingerprint density at radius 1 is 0.913 bits per heavy atom. The topological polar surface area (TPSA) is 9.23 Å². The molecule has 0 fully saturated rings. The number of benzene rings is 1. The van der Waals surface area contributed by atoms with Crippen LogP contribution in [0.15, 0.2) is 18.2 Å². The van der Waals surface area contributed by atoms with Crippen LogP contribution in [-0.2, 0) is 0 Å². The van der Waals surface area contributed by atoms with Crippen LogP contribution in [0.4, 0.5) is 12.9 Å². The largest absolute Gasteiger partial charge is 1.00 e. The summed E-state index contributed by atoms with van der Waals surface area (Å²) in [7, 11) is 0. The summed E-state index contributed by atoms with van der Waals surface area (Å²) in [6.45, 7) is -0.809. The minimum Gasteiger partial charge on any atom is -0.497 e. The Morgan fingerprint density at radius 3 is 2.04 bits per heavy atom. The fourth-order valence-corrected chi connectivity index (χ4v) is 2.47. The predicted molar refractivity (Wildman–Crippen MR) is 88.0 cm³/mol. The van der Waals surface area contributed by atoms with Gasteiger partial charge in [-0.1, -0.05) is 75.0 Å². The van der Waals surface area contributed by atoms with Crippen LogP contribution in [0.3, 0.4) is 0 Å². The normalized spacial score (nSPS) is 11.2. The fourth-order valence-electron chi connectivity index (χ4n) is 2.47. The van der Waals surface area contributed by atoms with E-state index in [-0.39, 0.29) is 57.1 Å². The summed E-state index contributed by atoms with van der Waals surface area (Å²) in [6, 6.07) is 4.27. The average molecular weight is 354 g/mol. The standard InChI is InChI=1S/C17H27BF3O.K/c1-3-4-5-6-7-8-9-10-13-22-17-12-11-15(2)14-16(17)18(19,20)21;/h11-12,14H,3-10,13H2,1-2H3;/q-1;+1. The summed E-state index contributed by atoms with van der Waals surface area (Å²) in [4.78, 5) is 0. The summed E-state index contributed by atoms with van der Waals surface area (Å²) in [6.07, 6.45) is 9.25. The van der Waals surface area contributed by atoms with Gasteiger partial charge in [-0.05, 0) is 19.4 Å². The number of rotatable bonds is 11.